The maximum atomic E-state index is 8.98. The molecule has 75 valence electrons. The largest absolute Gasteiger partial charge is 0.394 e. The number of rotatable bonds is 2. The summed E-state index contributed by atoms with van der Waals surface area (Å²) < 4.78 is 5.36. The molecule has 4 nitrogen and oxygen atoms in total. The van der Waals surface area contributed by atoms with Crippen LogP contribution in [0.4, 0.5) is 5.69 Å². The molecule has 0 aliphatic carbocycles. The zero-order chi connectivity index (χ0) is 9.80. The van der Waals surface area contributed by atoms with Crippen LogP contribution in [0.3, 0.4) is 0 Å². The van der Waals surface area contributed by atoms with Gasteiger partial charge in [-0.15, -0.1) is 0 Å². The topological polar surface area (TPSA) is 45.6 Å². The fourth-order valence-electron chi connectivity index (χ4n) is 1.56. The highest BCUT2D eigenvalue weighted by Gasteiger charge is 2.19. The van der Waals surface area contributed by atoms with Crippen molar-refractivity contribution in [3.8, 4) is 0 Å². The second-order valence-electron chi connectivity index (χ2n) is 3.27. The van der Waals surface area contributed by atoms with Crippen LogP contribution in [-0.4, -0.2) is 42.5 Å². The van der Waals surface area contributed by atoms with Gasteiger partial charge in [-0.3, -0.25) is 4.98 Å². The van der Waals surface area contributed by atoms with Gasteiger partial charge in [-0.05, 0) is 12.1 Å². The lowest BCUT2D eigenvalue weighted by atomic mass is 10.2. The maximum Gasteiger partial charge on any atom is 0.0980 e. The van der Waals surface area contributed by atoms with Crippen molar-refractivity contribution in [2.75, 3.05) is 31.2 Å². The summed E-state index contributed by atoms with van der Waals surface area (Å²) in [5, 5.41) is 8.98. The standard InChI is InChI=1S/C10H13N2O2/c13-8-10-7-12(4-5-14-10)9-2-1-3-11-6-9/h1-2,6,10,13H,4-5,7-8H2. The Morgan fingerprint density at radius 2 is 2.64 bits per heavy atom. The fraction of sp³-hybridized carbons (Fsp3) is 0.500. The van der Waals surface area contributed by atoms with E-state index in [2.05, 4.69) is 16.1 Å². The average Bonchev–Trinajstić information content (AvgIpc) is 2.30. The predicted octanol–water partition coefficient (Wildman–Crippen LogP) is 0.0793. The molecule has 1 aromatic rings. The first kappa shape index (κ1) is 9.43. The lowest BCUT2D eigenvalue weighted by Crippen LogP contribution is -2.44. The van der Waals surface area contributed by atoms with E-state index >= 15 is 0 Å². The second kappa shape index (κ2) is 4.39. The summed E-state index contributed by atoms with van der Waals surface area (Å²) >= 11 is 0. The predicted molar refractivity (Wildman–Crippen MR) is 52.1 cm³/mol. The van der Waals surface area contributed by atoms with Crippen LogP contribution in [0.1, 0.15) is 0 Å². The van der Waals surface area contributed by atoms with E-state index < -0.39 is 0 Å². The van der Waals surface area contributed by atoms with Crippen molar-refractivity contribution in [1.82, 2.24) is 4.98 Å². The number of ether oxygens (including phenoxy) is 1. The number of hydrogen-bond donors (Lipinski definition) is 1. The Bertz CT molecular complexity index is 279. The van der Waals surface area contributed by atoms with Gasteiger partial charge in [0.1, 0.15) is 0 Å². The summed E-state index contributed by atoms with van der Waals surface area (Å²) in [4.78, 5) is 6.10. The van der Waals surface area contributed by atoms with Crippen molar-refractivity contribution < 1.29 is 9.84 Å². The Morgan fingerprint density at radius 1 is 1.71 bits per heavy atom. The Labute approximate surface area is 83.1 Å². The van der Waals surface area contributed by atoms with Crippen LogP contribution in [0.15, 0.2) is 18.3 Å². The molecule has 1 aromatic heterocycles. The van der Waals surface area contributed by atoms with E-state index in [-0.39, 0.29) is 12.7 Å². The smallest absolute Gasteiger partial charge is 0.0980 e. The Balaban J connectivity index is 2.04. The third-order valence-corrected chi connectivity index (χ3v) is 2.31. The van der Waals surface area contributed by atoms with Crippen molar-refractivity contribution in [2.24, 2.45) is 0 Å². The maximum absolute atomic E-state index is 8.98. The van der Waals surface area contributed by atoms with Crippen LogP contribution >= 0.6 is 0 Å². The van der Waals surface area contributed by atoms with E-state index in [9.17, 15) is 0 Å². The van der Waals surface area contributed by atoms with Gasteiger partial charge in [-0.25, -0.2) is 0 Å². The molecule has 1 aliphatic heterocycles. The van der Waals surface area contributed by atoms with Crippen molar-refractivity contribution >= 4 is 5.69 Å². The second-order valence-corrected chi connectivity index (χ2v) is 3.27. The van der Waals surface area contributed by atoms with E-state index in [0.29, 0.717) is 6.61 Å². The zero-order valence-corrected chi connectivity index (χ0v) is 7.89. The molecule has 1 N–H and O–H groups in total. The summed E-state index contributed by atoms with van der Waals surface area (Å²) in [5.74, 6) is 0. The Morgan fingerprint density at radius 3 is 3.36 bits per heavy atom. The molecule has 1 aliphatic rings. The molecule has 4 heteroatoms. The molecule has 2 rings (SSSR count). The van der Waals surface area contributed by atoms with Crippen LogP contribution in [0.2, 0.25) is 0 Å². The molecule has 0 aromatic carbocycles. The van der Waals surface area contributed by atoms with Gasteiger partial charge < -0.3 is 14.7 Å². The minimum absolute atomic E-state index is 0.0723. The van der Waals surface area contributed by atoms with Crippen LogP contribution in [0.5, 0.6) is 0 Å². The van der Waals surface area contributed by atoms with Gasteiger partial charge in [-0.2, -0.15) is 0 Å². The number of anilines is 1. The minimum atomic E-state index is -0.0760. The van der Waals surface area contributed by atoms with E-state index in [1.54, 1.807) is 12.3 Å². The highest BCUT2D eigenvalue weighted by molar-refractivity contribution is 5.43. The van der Waals surface area contributed by atoms with Gasteiger partial charge in [0, 0.05) is 13.1 Å². The van der Waals surface area contributed by atoms with Crippen molar-refractivity contribution in [3.63, 3.8) is 0 Å². The molecule has 1 atom stereocenters. The summed E-state index contributed by atoms with van der Waals surface area (Å²) in [6.07, 6.45) is 4.44. The van der Waals surface area contributed by atoms with Gasteiger partial charge in [0.2, 0.25) is 0 Å². The molecule has 1 saturated heterocycles. The van der Waals surface area contributed by atoms with Gasteiger partial charge in [0.25, 0.3) is 0 Å². The molecule has 14 heavy (non-hydrogen) atoms. The highest BCUT2D eigenvalue weighted by atomic mass is 16.5. The van der Waals surface area contributed by atoms with Crippen LogP contribution < -0.4 is 4.90 Å². The summed E-state index contributed by atoms with van der Waals surface area (Å²) in [7, 11) is 0. The number of aromatic nitrogens is 1. The number of pyridine rings is 1. The first-order valence-electron chi connectivity index (χ1n) is 4.69. The summed E-state index contributed by atoms with van der Waals surface area (Å²) in [6.45, 7) is 2.30. The molecular formula is C10H13N2O2. The molecule has 0 spiro atoms. The van der Waals surface area contributed by atoms with E-state index in [1.165, 1.54) is 0 Å². The van der Waals surface area contributed by atoms with Crippen LogP contribution in [-0.2, 0) is 4.74 Å². The number of morpholine rings is 1. The zero-order valence-electron chi connectivity index (χ0n) is 7.89. The normalized spacial score (nSPS) is 22.4. The van der Waals surface area contributed by atoms with Crippen molar-refractivity contribution in [1.29, 1.82) is 0 Å². The first-order chi connectivity index (χ1) is 6.90. The Hall–Kier alpha value is -1.13. The van der Waals surface area contributed by atoms with Crippen molar-refractivity contribution in [3.05, 3.63) is 24.5 Å². The fourth-order valence-corrected chi connectivity index (χ4v) is 1.56. The lowest BCUT2D eigenvalue weighted by Gasteiger charge is -2.33. The minimum Gasteiger partial charge on any atom is -0.394 e. The molecule has 0 saturated carbocycles. The number of aliphatic hydroxyl groups excluding tert-OH is 1. The molecule has 2 heterocycles. The molecule has 1 fully saturated rings. The van der Waals surface area contributed by atoms with Gasteiger partial charge in [-0.1, -0.05) is 0 Å². The molecule has 1 unspecified atom stereocenters. The number of aliphatic hydroxyl groups is 1. The van der Waals surface area contributed by atoms with E-state index in [4.69, 9.17) is 9.84 Å². The molecule has 0 bridgehead atoms. The average molecular weight is 193 g/mol. The summed E-state index contributed by atoms with van der Waals surface area (Å²) in [5.41, 5.74) is 1.06. The quantitative estimate of drug-likeness (QED) is 0.722. The van der Waals surface area contributed by atoms with Crippen LogP contribution in [0.25, 0.3) is 0 Å². The Kier molecular flexibility index (Phi) is 2.96. The number of hydrogen-bond acceptors (Lipinski definition) is 4. The van der Waals surface area contributed by atoms with E-state index in [0.717, 1.165) is 18.8 Å². The number of nitrogens with zero attached hydrogens (tertiary/aromatic N) is 2. The molecule has 0 amide bonds. The van der Waals surface area contributed by atoms with E-state index in [1.807, 2.05) is 6.07 Å². The third kappa shape index (κ3) is 2.02. The first-order valence-corrected chi connectivity index (χ1v) is 4.69. The van der Waals surface area contributed by atoms with Gasteiger partial charge >= 0.3 is 0 Å². The monoisotopic (exact) mass is 193 g/mol. The third-order valence-electron chi connectivity index (χ3n) is 2.31. The van der Waals surface area contributed by atoms with Crippen molar-refractivity contribution in [2.45, 2.75) is 6.10 Å². The van der Waals surface area contributed by atoms with Crippen LogP contribution in [0, 0.1) is 6.20 Å². The lowest BCUT2D eigenvalue weighted by molar-refractivity contribution is 0.00355. The SMILES string of the molecule is OCC1CN(c2cc[c]nc2)CCO1. The van der Waals surface area contributed by atoms with Gasteiger partial charge in [0.15, 0.2) is 0 Å². The molecule has 1 radical (unpaired) electrons. The summed E-state index contributed by atoms with van der Waals surface area (Å²) in [6, 6.07) is 3.76. The van der Waals surface area contributed by atoms with Gasteiger partial charge in [0.05, 0.1) is 37.4 Å². The molecular weight excluding hydrogens is 180 g/mol. The highest BCUT2D eigenvalue weighted by Crippen LogP contribution is 2.15.